The second-order valence-corrected chi connectivity index (χ2v) is 5.94. The maximum atomic E-state index is 13.4. The molecule has 0 saturated heterocycles. The van der Waals surface area contributed by atoms with Crippen LogP contribution in [0.2, 0.25) is 10.0 Å². The summed E-state index contributed by atoms with van der Waals surface area (Å²) in [6, 6.07) is 10.8. The van der Waals surface area contributed by atoms with Crippen molar-refractivity contribution in [3.8, 4) is 16.9 Å². The average Bonchev–Trinajstić information content (AvgIpc) is 2.93. The van der Waals surface area contributed by atoms with Crippen molar-refractivity contribution in [1.82, 2.24) is 9.78 Å². The minimum Gasteiger partial charge on any atom is -0.481 e. The zero-order valence-electron chi connectivity index (χ0n) is 12.2. The van der Waals surface area contributed by atoms with Gasteiger partial charge in [-0.3, -0.25) is 4.79 Å². The molecule has 0 unspecified atom stereocenters. The van der Waals surface area contributed by atoms with Crippen LogP contribution in [-0.2, 0) is 11.2 Å². The Kier molecular flexibility index (Phi) is 4.55. The maximum Gasteiger partial charge on any atom is 0.307 e. The van der Waals surface area contributed by atoms with Crippen LogP contribution in [0.3, 0.4) is 0 Å². The van der Waals surface area contributed by atoms with Crippen LogP contribution in [0.4, 0.5) is 4.39 Å². The van der Waals surface area contributed by atoms with Crippen molar-refractivity contribution >= 4 is 29.2 Å². The Hall–Kier alpha value is -2.37. The highest BCUT2D eigenvalue weighted by Crippen LogP contribution is 2.30. The third-order valence-electron chi connectivity index (χ3n) is 3.40. The highest BCUT2D eigenvalue weighted by atomic mass is 35.5. The second-order valence-electron chi connectivity index (χ2n) is 5.13. The highest BCUT2D eigenvalue weighted by molar-refractivity contribution is 6.42. The summed E-state index contributed by atoms with van der Waals surface area (Å²) in [4.78, 5) is 11.1. The first-order valence-electron chi connectivity index (χ1n) is 6.96. The summed E-state index contributed by atoms with van der Waals surface area (Å²) >= 11 is 12.0. The number of carbonyl (C=O) groups is 1. The van der Waals surface area contributed by atoms with Gasteiger partial charge in [0, 0.05) is 17.3 Å². The minimum atomic E-state index is -0.991. The first-order valence-corrected chi connectivity index (χ1v) is 7.71. The number of aliphatic carboxylic acids is 1. The third kappa shape index (κ3) is 3.42. The Morgan fingerprint density at radius 1 is 1.17 bits per heavy atom. The van der Waals surface area contributed by atoms with Crippen LogP contribution >= 0.6 is 23.2 Å². The van der Waals surface area contributed by atoms with Crippen LogP contribution in [-0.4, -0.2) is 20.9 Å². The molecule has 0 aliphatic carbocycles. The summed E-state index contributed by atoms with van der Waals surface area (Å²) in [5, 5.41) is 14.3. The Morgan fingerprint density at radius 2 is 1.96 bits per heavy atom. The molecule has 1 N–H and O–H groups in total. The number of nitrogens with zero attached hydrogens (tertiary/aromatic N) is 2. The fraction of sp³-hybridized carbons (Fsp3) is 0.0588. The largest absolute Gasteiger partial charge is 0.481 e. The van der Waals surface area contributed by atoms with Gasteiger partial charge in [0.2, 0.25) is 0 Å². The first-order chi connectivity index (χ1) is 11.4. The number of aromatic nitrogens is 2. The molecular formula is C17H11Cl2FN2O2. The molecule has 3 rings (SSSR count). The zero-order chi connectivity index (χ0) is 17.3. The fourth-order valence-electron chi connectivity index (χ4n) is 2.34. The summed E-state index contributed by atoms with van der Waals surface area (Å²) in [5.41, 5.74) is 2.08. The van der Waals surface area contributed by atoms with Crippen molar-refractivity contribution in [2.75, 3.05) is 0 Å². The lowest BCUT2D eigenvalue weighted by Crippen LogP contribution is -2.00. The molecule has 0 spiro atoms. The number of hydrogen-bond donors (Lipinski definition) is 1. The van der Waals surface area contributed by atoms with Gasteiger partial charge in [0.1, 0.15) is 5.82 Å². The molecule has 0 fully saturated rings. The van der Waals surface area contributed by atoms with E-state index >= 15 is 0 Å². The number of hydrogen-bond acceptors (Lipinski definition) is 2. The van der Waals surface area contributed by atoms with Crippen LogP contribution in [0.1, 0.15) is 5.56 Å². The molecule has 1 heterocycles. The summed E-state index contributed by atoms with van der Waals surface area (Å²) in [5.74, 6) is -1.39. The second kappa shape index (κ2) is 6.63. The number of carboxylic acid groups (broad SMARTS) is 1. The van der Waals surface area contributed by atoms with Gasteiger partial charge >= 0.3 is 5.97 Å². The molecule has 0 amide bonds. The summed E-state index contributed by atoms with van der Waals surface area (Å²) in [6.07, 6.45) is 1.35. The molecular weight excluding hydrogens is 354 g/mol. The van der Waals surface area contributed by atoms with E-state index in [4.69, 9.17) is 28.3 Å². The molecule has 0 aliphatic rings. The molecule has 7 heteroatoms. The van der Waals surface area contributed by atoms with Crippen LogP contribution in [0.15, 0.2) is 48.7 Å². The zero-order valence-corrected chi connectivity index (χ0v) is 13.7. The van der Waals surface area contributed by atoms with Crippen molar-refractivity contribution in [2.24, 2.45) is 0 Å². The van der Waals surface area contributed by atoms with E-state index in [1.54, 1.807) is 36.5 Å². The predicted octanol–water partition coefficient (Wildman–Crippen LogP) is 4.61. The van der Waals surface area contributed by atoms with Gasteiger partial charge in [-0.25, -0.2) is 9.07 Å². The number of rotatable bonds is 4. The van der Waals surface area contributed by atoms with Gasteiger partial charge in [0.25, 0.3) is 0 Å². The number of benzene rings is 2. The van der Waals surface area contributed by atoms with Crippen molar-refractivity contribution in [2.45, 2.75) is 6.42 Å². The lowest BCUT2D eigenvalue weighted by molar-refractivity contribution is -0.136. The quantitative estimate of drug-likeness (QED) is 0.735. The Morgan fingerprint density at radius 3 is 2.62 bits per heavy atom. The molecule has 2 aromatic carbocycles. The standard InChI is InChI=1S/C17H11Cl2FN2O2/c18-14-5-4-10(6-15(14)19)17-11(7-16(23)24)9-22(21-17)13-3-1-2-12(20)8-13/h1-6,8-9H,7H2,(H,23,24). The van der Waals surface area contributed by atoms with Gasteiger partial charge in [-0.15, -0.1) is 0 Å². The predicted molar refractivity (Wildman–Crippen MR) is 90.3 cm³/mol. The summed E-state index contributed by atoms with van der Waals surface area (Å²) in [7, 11) is 0. The molecule has 0 atom stereocenters. The van der Waals surface area contributed by atoms with Crippen molar-refractivity contribution < 1.29 is 14.3 Å². The molecule has 3 aromatic rings. The van der Waals surface area contributed by atoms with E-state index in [1.165, 1.54) is 16.8 Å². The van der Waals surface area contributed by atoms with E-state index in [1.807, 2.05) is 0 Å². The van der Waals surface area contributed by atoms with Crippen molar-refractivity contribution in [3.05, 3.63) is 70.1 Å². The number of carboxylic acids is 1. The first kappa shape index (κ1) is 16.5. The topological polar surface area (TPSA) is 55.1 Å². The van der Waals surface area contributed by atoms with Crippen LogP contribution in [0.25, 0.3) is 16.9 Å². The Bertz CT molecular complexity index is 925. The lowest BCUT2D eigenvalue weighted by Gasteiger charge is -2.03. The average molecular weight is 365 g/mol. The molecule has 0 aliphatic heterocycles. The maximum absolute atomic E-state index is 13.4. The fourth-order valence-corrected chi connectivity index (χ4v) is 2.64. The van der Waals surface area contributed by atoms with Crippen LogP contribution in [0, 0.1) is 5.82 Å². The minimum absolute atomic E-state index is 0.217. The van der Waals surface area contributed by atoms with Gasteiger partial charge in [0.05, 0.1) is 27.8 Å². The monoisotopic (exact) mass is 364 g/mol. The molecule has 4 nitrogen and oxygen atoms in total. The third-order valence-corrected chi connectivity index (χ3v) is 4.14. The Labute approximate surface area is 147 Å². The van der Waals surface area contributed by atoms with E-state index < -0.39 is 11.8 Å². The van der Waals surface area contributed by atoms with E-state index in [0.717, 1.165) is 0 Å². The molecule has 0 bridgehead atoms. The highest BCUT2D eigenvalue weighted by Gasteiger charge is 2.16. The van der Waals surface area contributed by atoms with Gasteiger partial charge in [-0.2, -0.15) is 5.10 Å². The van der Waals surface area contributed by atoms with Gasteiger partial charge in [-0.05, 0) is 30.3 Å². The Balaban J connectivity index is 2.13. The SMILES string of the molecule is O=C(O)Cc1cn(-c2cccc(F)c2)nc1-c1ccc(Cl)c(Cl)c1. The molecule has 0 saturated carbocycles. The molecule has 122 valence electrons. The van der Waals surface area contributed by atoms with Crippen LogP contribution < -0.4 is 0 Å². The van der Waals surface area contributed by atoms with E-state index in [0.29, 0.717) is 32.6 Å². The van der Waals surface area contributed by atoms with Gasteiger partial charge in [0.15, 0.2) is 0 Å². The van der Waals surface area contributed by atoms with Crippen molar-refractivity contribution in [1.29, 1.82) is 0 Å². The van der Waals surface area contributed by atoms with Gasteiger partial charge in [-0.1, -0.05) is 35.3 Å². The summed E-state index contributed by atoms with van der Waals surface area (Å²) in [6.45, 7) is 0. The van der Waals surface area contributed by atoms with E-state index in [2.05, 4.69) is 5.10 Å². The number of halogens is 3. The molecule has 1 aromatic heterocycles. The smallest absolute Gasteiger partial charge is 0.307 e. The van der Waals surface area contributed by atoms with Gasteiger partial charge < -0.3 is 5.11 Å². The molecule has 0 radical (unpaired) electrons. The van der Waals surface area contributed by atoms with E-state index in [-0.39, 0.29) is 6.42 Å². The lowest BCUT2D eigenvalue weighted by atomic mass is 10.1. The van der Waals surface area contributed by atoms with E-state index in [9.17, 15) is 9.18 Å². The van der Waals surface area contributed by atoms with Crippen LogP contribution in [0.5, 0.6) is 0 Å². The molecule has 24 heavy (non-hydrogen) atoms. The van der Waals surface area contributed by atoms with Crippen molar-refractivity contribution in [3.63, 3.8) is 0 Å². The normalized spacial score (nSPS) is 10.8. The summed E-state index contributed by atoms with van der Waals surface area (Å²) < 4.78 is 14.9.